The van der Waals surface area contributed by atoms with Crippen molar-refractivity contribution in [3.05, 3.63) is 12.3 Å². The minimum absolute atomic E-state index is 0.0996. The van der Waals surface area contributed by atoms with Crippen LogP contribution >= 0.6 is 0 Å². The first-order valence-corrected chi connectivity index (χ1v) is 5.24. The van der Waals surface area contributed by atoms with E-state index in [2.05, 4.69) is 41.2 Å². The van der Waals surface area contributed by atoms with Gasteiger partial charge in [-0.15, -0.1) is 0 Å². The van der Waals surface area contributed by atoms with Crippen LogP contribution in [0.2, 0.25) is 0 Å². The molecule has 0 radical (unpaired) electrons. The monoisotopic (exact) mass is 184 g/mol. The Labute approximate surface area is 83.2 Å². The highest BCUT2D eigenvalue weighted by Crippen LogP contribution is 2.22. The zero-order valence-electron chi connectivity index (χ0n) is 9.81. The first kappa shape index (κ1) is 12.5. The molecule has 0 aliphatic heterocycles. The van der Waals surface area contributed by atoms with Crippen LogP contribution in [-0.4, -0.2) is 5.60 Å². The molecule has 0 saturated heterocycles. The van der Waals surface area contributed by atoms with Crippen LogP contribution in [0.3, 0.4) is 0 Å². The van der Waals surface area contributed by atoms with Gasteiger partial charge in [-0.2, -0.15) is 0 Å². The standard InChI is InChI=1S/C12H24O/c1-7-8-9-10(2)11(3)13-12(4,5)6/h10H,3,7-9H2,1-2,4-6H3/t10-/m1/s1. The SMILES string of the molecule is C=C(OC(C)(C)C)[C@H](C)CCCC. The lowest BCUT2D eigenvalue weighted by Gasteiger charge is -2.26. The second kappa shape index (κ2) is 5.31. The molecule has 0 aromatic heterocycles. The van der Waals surface area contributed by atoms with E-state index in [9.17, 15) is 0 Å². The molecule has 0 heterocycles. The number of allylic oxidation sites excluding steroid dienone is 1. The summed E-state index contributed by atoms with van der Waals surface area (Å²) in [4.78, 5) is 0. The van der Waals surface area contributed by atoms with Crippen molar-refractivity contribution in [2.24, 2.45) is 5.92 Å². The van der Waals surface area contributed by atoms with Crippen LogP contribution in [0.4, 0.5) is 0 Å². The molecule has 0 N–H and O–H groups in total. The van der Waals surface area contributed by atoms with Crippen LogP contribution in [0.1, 0.15) is 53.9 Å². The van der Waals surface area contributed by atoms with Gasteiger partial charge >= 0.3 is 0 Å². The van der Waals surface area contributed by atoms with E-state index in [1.54, 1.807) is 0 Å². The Hall–Kier alpha value is -0.460. The normalized spacial score (nSPS) is 13.9. The lowest BCUT2D eigenvalue weighted by molar-refractivity contribution is 0.0356. The molecule has 0 aliphatic rings. The summed E-state index contributed by atoms with van der Waals surface area (Å²) in [6.07, 6.45) is 3.69. The number of hydrogen-bond donors (Lipinski definition) is 0. The van der Waals surface area contributed by atoms with Crippen molar-refractivity contribution in [3.63, 3.8) is 0 Å². The fourth-order valence-electron chi connectivity index (χ4n) is 1.17. The van der Waals surface area contributed by atoms with Gasteiger partial charge in [0.25, 0.3) is 0 Å². The topological polar surface area (TPSA) is 9.23 Å². The van der Waals surface area contributed by atoms with E-state index in [1.165, 1.54) is 19.3 Å². The highest BCUT2D eigenvalue weighted by Gasteiger charge is 2.15. The van der Waals surface area contributed by atoms with E-state index in [0.29, 0.717) is 5.92 Å². The summed E-state index contributed by atoms with van der Waals surface area (Å²) in [5.41, 5.74) is -0.0996. The summed E-state index contributed by atoms with van der Waals surface area (Å²) in [5.74, 6) is 1.42. The van der Waals surface area contributed by atoms with E-state index in [-0.39, 0.29) is 5.60 Å². The van der Waals surface area contributed by atoms with Crippen LogP contribution in [0.25, 0.3) is 0 Å². The molecule has 1 heteroatoms. The highest BCUT2D eigenvalue weighted by atomic mass is 16.5. The molecule has 13 heavy (non-hydrogen) atoms. The number of rotatable bonds is 5. The van der Waals surface area contributed by atoms with Crippen molar-refractivity contribution in [3.8, 4) is 0 Å². The molecular weight excluding hydrogens is 160 g/mol. The maximum Gasteiger partial charge on any atom is 0.100 e. The van der Waals surface area contributed by atoms with Crippen LogP contribution in [0.15, 0.2) is 12.3 Å². The summed E-state index contributed by atoms with van der Waals surface area (Å²) in [6, 6.07) is 0. The van der Waals surface area contributed by atoms with Crippen LogP contribution < -0.4 is 0 Å². The van der Waals surface area contributed by atoms with Gasteiger partial charge in [0.15, 0.2) is 0 Å². The van der Waals surface area contributed by atoms with Gasteiger partial charge in [0.2, 0.25) is 0 Å². The number of unbranched alkanes of at least 4 members (excludes halogenated alkanes) is 1. The van der Waals surface area contributed by atoms with Crippen molar-refractivity contribution in [1.82, 2.24) is 0 Å². The molecule has 0 amide bonds. The van der Waals surface area contributed by atoms with Gasteiger partial charge in [0.05, 0.1) is 5.76 Å². The Kier molecular flexibility index (Phi) is 5.12. The molecule has 1 atom stereocenters. The molecule has 0 aromatic rings. The smallest absolute Gasteiger partial charge is 0.100 e. The molecular formula is C12H24O. The lowest BCUT2D eigenvalue weighted by Crippen LogP contribution is -2.20. The number of hydrogen-bond acceptors (Lipinski definition) is 1. The third kappa shape index (κ3) is 6.68. The average Bonchev–Trinajstić information content (AvgIpc) is 1.96. The summed E-state index contributed by atoms with van der Waals surface area (Å²) in [7, 11) is 0. The molecule has 0 aromatic carbocycles. The Morgan fingerprint density at radius 2 is 1.92 bits per heavy atom. The second-order valence-electron chi connectivity index (χ2n) is 4.72. The van der Waals surface area contributed by atoms with Gasteiger partial charge in [0.1, 0.15) is 5.60 Å². The predicted octanol–water partition coefficient (Wildman–Crippen LogP) is 4.14. The molecule has 0 fully saturated rings. The maximum atomic E-state index is 5.70. The first-order chi connectivity index (χ1) is 5.87. The van der Waals surface area contributed by atoms with Gasteiger partial charge in [-0.05, 0) is 27.2 Å². The third-order valence-electron chi connectivity index (χ3n) is 1.98. The summed E-state index contributed by atoms with van der Waals surface area (Å²) in [6.45, 7) is 14.5. The molecule has 78 valence electrons. The van der Waals surface area contributed by atoms with Gasteiger partial charge < -0.3 is 4.74 Å². The van der Waals surface area contributed by atoms with Crippen molar-refractivity contribution in [2.45, 2.75) is 59.5 Å². The minimum atomic E-state index is -0.0996. The van der Waals surface area contributed by atoms with Crippen molar-refractivity contribution in [2.75, 3.05) is 0 Å². The Morgan fingerprint density at radius 3 is 2.31 bits per heavy atom. The van der Waals surface area contributed by atoms with Crippen molar-refractivity contribution >= 4 is 0 Å². The Bertz CT molecular complexity index is 153. The zero-order chi connectivity index (χ0) is 10.5. The zero-order valence-corrected chi connectivity index (χ0v) is 9.81. The van der Waals surface area contributed by atoms with E-state index in [0.717, 1.165) is 5.76 Å². The van der Waals surface area contributed by atoms with Crippen molar-refractivity contribution in [1.29, 1.82) is 0 Å². The Balaban J connectivity index is 3.83. The lowest BCUT2D eigenvalue weighted by atomic mass is 10.0. The minimum Gasteiger partial charge on any atom is -0.493 e. The number of ether oxygens (including phenoxy) is 1. The van der Waals surface area contributed by atoms with Crippen LogP contribution in [0, 0.1) is 5.92 Å². The van der Waals surface area contributed by atoms with Gasteiger partial charge in [-0.25, -0.2) is 0 Å². The summed E-state index contributed by atoms with van der Waals surface area (Å²) in [5, 5.41) is 0. The largest absolute Gasteiger partial charge is 0.493 e. The molecule has 0 saturated carbocycles. The van der Waals surface area contributed by atoms with Crippen molar-refractivity contribution < 1.29 is 4.74 Å². The highest BCUT2D eigenvalue weighted by molar-refractivity contribution is 4.91. The van der Waals surface area contributed by atoms with E-state index in [4.69, 9.17) is 4.74 Å². The fraction of sp³-hybridized carbons (Fsp3) is 0.833. The summed E-state index contributed by atoms with van der Waals surface area (Å²) < 4.78 is 5.70. The van der Waals surface area contributed by atoms with Gasteiger partial charge in [-0.3, -0.25) is 0 Å². The molecule has 0 spiro atoms. The van der Waals surface area contributed by atoms with Gasteiger partial charge in [-0.1, -0.05) is 33.3 Å². The average molecular weight is 184 g/mol. The van der Waals surface area contributed by atoms with Gasteiger partial charge in [0, 0.05) is 5.92 Å². The fourth-order valence-corrected chi connectivity index (χ4v) is 1.17. The summed E-state index contributed by atoms with van der Waals surface area (Å²) >= 11 is 0. The van der Waals surface area contributed by atoms with E-state index in [1.807, 2.05) is 0 Å². The van der Waals surface area contributed by atoms with E-state index < -0.39 is 0 Å². The first-order valence-electron chi connectivity index (χ1n) is 5.24. The second-order valence-corrected chi connectivity index (χ2v) is 4.72. The van der Waals surface area contributed by atoms with Crippen LogP contribution in [-0.2, 0) is 4.74 Å². The predicted molar refractivity (Wildman–Crippen MR) is 58.7 cm³/mol. The molecule has 0 rings (SSSR count). The van der Waals surface area contributed by atoms with E-state index >= 15 is 0 Å². The van der Waals surface area contributed by atoms with Crippen LogP contribution in [0.5, 0.6) is 0 Å². The molecule has 0 bridgehead atoms. The molecule has 1 nitrogen and oxygen atoms in total. The Morgan fingerprint density at radius 1 is 1.38 bits per heavy atom. The molecule has 0 aliphatic carbocycles. The maximum absolute atomic E-state index is 5.70. The molecule has 0 unspecified atom stereocenters. The quantitative estimate of drug-likeness (QED) is 0.583. The third-order valence-corrected chi connectivity index (χ3v) is 1.98.